The van der Waals surface area contributed by atoms with Gasteiger partial charge in [-0.2, -0.15) is 4.98 Å². The van der Waals surface area contributed by atoms with E-state index in [9.17, 15) is 0 Å². The van der Waals surface area contributed by atoms with E-state index in [1.807, 2.05) is 30.6 Å². The first-order valence-corrected chi connectivity index (χ1v) is 8.02. The van der Waals surface area contributed by atoms with E-state index in [1.165, 1.54) is 6.34 Å². The molecule has 114 valence electrons. The lowest BCUT2D eigenvalue weighted by Crippen LogP contribution is -2.03. The molecule has 3 rings (SSSR count). The lowest BCUT2D eigenvalue weighted by atomic mass is 10.0. The molecule has 0 saturated heterocycles. The summed E-state index contributed by atoms with van der Waals surface area (Å²) in [5.74, 6) is 2.08. The SMILES string of the molecule is CCc1noc(C2=C(N=CNO)c3ccccc3SCC2)n1. The van der Waals surface area contributed by atoms with Gasteiger partial charge in [0.1, 0.15) is 6.34 Å². The standard InChI is InChI=1S/C15H16N4O2S/c1-2-13-18-15(21-19-13)11-7-8-22-12-6-4-3-5-10(12)14(11)16-9-17-20/h3-6,9,20H,2,7-8H2,1H3,(H,16,17). The summed E-state index contributed by atoms with van der Waals surface area (Å²) in [7, 11) is 0. The normalized spacial score (nSPS) is 15.0. The van der Waals surface area contributed by atoms with E-state index in [0.717, 1.165) is 40.3 Å². The Bertz CT molecular complexity index is 724. The van der Waals surface area contributed by atoms with Crippen molar-refractivity contribution in [3.63, 3.8) is 0 Å². The van der Waals surface area contributed by atoms with E-state index in [4.69, 9.17) is 9.73 Å². The molecule has 2 heterocycles. The van der Waals surface area contributed by atoms with E-state index in [-0.39, 0.29) is 0 Å². The van der Waals surface area contributed by atoms with Crippen LogP contribution in [0.3, 0.4) is 0 Å². The topological polar surface area (TPSA) is 83.5 Å². The zero-order valence-corrected chi connectivity index (χ0v) is 12.9. The first kappa shape index (κ1) is 14.8. The van der Waals surface area contributed by atoms with Gasteiger partial charge in [0.05, 0.1) is 5.70 Å². The fourth-order valence-corrected chi connectivity index (χ4v) is 3.32. The second-order valence-electron chi connectivity index (χ2n) is 4.68. The predicted octanol–water partition coefficient (Wildman–Crippen LogP) is 3.00. The number of allylic oxidation sites excluding steroid dienone is 1. The molecule has 22 heavy (non-hydrogen) atoms. The van der Waals surface area contributed by atoms with Crippen molar-refractivity contribution in [1.82, 2.24) is 15.6 Å². The van der Waals surface area contributed by atoms with Crippen LogP contribution in [0.4, 0.5) is 0 Å². The number of aliphatic imine (C=N–C) groups is 1. The fraction of sp³-hybridized carbons (Fsp3) is 0.267. The van der Waals surface area contributed by atoms with Gasteiger partial charge in [-0.1, -0.05) is 30.3 Å². The van der Waals surface area contributed by atoms with Crippen LogP contribution in [0.1, 0.15) is 30.6 Å². The van der Waals surface area contributed by atoms with Crippen molar-refractivity contribution in [1.29, 1.82) is 0 Å². The number of hydrogen-bond acceptors (Lipinski definition) is 6. The molecule has 1 aromatic carbocycles. The Morgan fingerprint density at radius 2 is 2.32 bits per heavy atom. The number of aromatic nitrogens is 2. The largest absolute Gasteiger partial charge is 0.334 e. The monoisotopic (exact) mass is 316 g/mol. The van der Waals surface area contributed by atoms with Gasteiger partial charge in [0.25, 0.3) is 5.89 Å². The molecule has 0 saturated carbocycles. The number of nitrogens with zero attached hydrogens (tertiary/aromatic N) is 3. The number of nitrogens with one attached hydrogen (secondary N) is 1. The van der Waals surface area contributed by atoms with Crippen molar-refractivity contribution in [2.24, 2.45) is 4.99 Å². The molecule has 0 aliphatic carbocycles. The highest BCUT2D eigenvalue weighted by Crippen LogP contribution is 2.39. The Morgan fingerprint density at radius 3 is 3.09 bits per heavy atom. The van der Waals surface area contributed by atoms with Crippen molar-refractivity contribution in [2.75, 3.05) is 5.75 Å². The smallest absolute Gasteiger partial charge is 0.256 e. The molecule has 0 radical (unpaired) electrons. The van der Waals surface area contributed by atoms with Crippen LogP contribution < -0.4 is 5.48 Å². The quantitative estimate of drug-likeness (QED) is 0.512. The van der Waals surface area contributed by atoms with Crippen LogP contribution >= 0.6 is 11.8 Å². The molecule has 6 nitrogen and oxygen atoms in total. The third kappa shape index (κ3) is 2.90. The maximum Gasteiger partial charge on any atom is 0.256 e. The molecule has 0 amide bonds. The zero-order valence-electron chi connectivity index (χ0n) is 12.1. The molecule has 0 bridgehead atoms. The van der Waals surface area contributed by atoms with E-state index in [2.05, 4.69) is 21.2 Å². The highest BCUT2D eigenvalue weighted by molar-refractivity contribution is 7.99. The number of fused-ring (bicyclic) bond motifs is 1. The van der Waals surface area contributed by atoms with Gasteiger partial charge in [0.2, 0.25) is 0 Å². The van der Waals surface area contributed by atoms with Crippen LogP contribution in [0, 0.1) is 0 Å². The van der Waals surface area contributed by atoms with Gasteiger partial charge in [-0.15, -0.1) is 11.8 Å². The van der Waals surface area contributed by atoms with Crippen molar-refractivity contribution < 1.29 is 9.73 Å². The summed E-state index contributed by atoms with van der Waals surface area (Å²) in [5.41, 5.74) is 4.60. The van der Waals surface area contributed by atoms with Gasteiger partial charge >= 0.3 is 0 Å². The predicted molar refractivity (Wildman–Crippen MR) is 85.7 cm³/mol. The molecule has 1 aliphatic rings. The van der Waals surface area contributed by atoms with Crippen LogP contribution in [-0.4, -0.2) is 27.4 Å². The fourth-order valence-electron chi connectivity index (χ4n) is 2.30. The van der Waals surface area contributed by atoms with Crippen LogP contribution in [0.15, 0.2) is 38.7 Å². The van der Waals surface area contributed by atoms with E-state index >= 15 is 0 Å². The minimum atomic E-state index is 0.499. The highest BCUT2D eigenvalue weighted by atomic mass is 32.2. The van der Waals surface area contributed by atoms with Gasteiger partial charge in [-0.25, -0.2) is 4.99 Å². The third-order valence-corrected chi connectivity index (χ3v) is 4.41. The van der Waals surface area contributed by atoms with Gasteiger partial charge < -0.3 is 4.52 Å². The average molecular weight is 316 g/mol. The van der Waals surface area contributed by atoms with Gasteiger partial charge in [-0.05, 0) is 12.5 Å². The summed E-state index contributed by atoms with van der Waals surface area (Å²) in [4.78, 5) is 9.92. The van der Waals surface area contributed by atoms with Crippen LogP contribution in [-0.2, 0) is 6.42 Å². The molecule has 2 aromatic rings. The Hall–Kier alpha value is -2.12. The molecule has 0 unspecified atom stereocenters. The summed E-state index contributed by atoms with van der Waals surface area (Å²) in [6, 6.07) is 8.05. The summed E-state index contributed by atoms with van der Waals surface area (Å²) >= 11 is 1.77. The zero-order chi connectivity index (χ0) is 15.4. The number of aryl methyl sites for hydroxylation is 1. The molecular formula is C15H16N4O2S. The third-order valence-electron chi connectivity index (χ3n) is 3.33. The van der Waals surface area contributed by atoms with Crippen molar-refractivity contribution in [3.8, 4) is 0 Å². The maximum atomic E-state index is 8.84. The van der Waals surface area contributed by atoms with Gasteiger partial charge in [0.15, 0.2) is 5.82 Å². The Balaban J connectivity index is 2.16. The Labute approximate surface area is 132 Å². The number of benzene rings is 1. The lowest BCUT2D eigenvalue weighted by molar-refractivity contribution is 0.240. The number of hydrogen-bond donors (Lipinski definition) is 2. The molecule has 7 heteroatoms. The van der Waals surface area contributed by atoms with Crippen molar-refractivity contribution >= 4 is 29.4 Å². The van der Waals surface area contributed by atoms with Gasteiger partial charge in [0, 0.05) is 28.2 Å². The van der Waals surface area contributed by atoms with Crippen molar-refractivity contribution in [2.45, 2.75) is 24.7 Å². The molecule has 0 fully saturated rings. The minimum absolute atomic E-state index is 0.499. The first-order chi connectivity index (χ1) is 10.8. The lowest BCUT2D eigenvalue weighted by Gasteiger charge is -2.07. The molecule has 0 spiro atoms. The Morgan fingerprint density at radius 1 is 1.45 bits per heavy atom. The number of rotatable bonds is 4. The van der Waals surface area contributed by atoms with E-state index in [1.54, 1.807) is 11.8 Å². The summed E-state index contributed by atoms with van der Waals surface area (Å²) in [6.45, 7) is 1.98. The number of thioether (sulfide) groups is 1. The second kappa shape index (κ2) is 6.76. The van der Waals surface area contributed by atoms with Gasteiger partial charge in [-0.3, -0.25) is 10.7 Å². The number of hydroxylamine groups is 1. The van der Waals surface area contributed by atoms with E-state index in [0.29, 0.717) is 11.7 Å². The summed E-state index contributed by atoms with van der Waals surface area (Å²) < 4.78 is 5.39. The highest BCUT2D eigenvalue weighted by Gasteiger charge is 2.22. The van der Waals surface area contributed by atoms with Crippen LogP contribution in [0.25, 0.3) is 11.3 Å². The summed E-state index contributed by atoms with van der Waals surface area (Å²) in [5, 5.41) is 12.8. The molecule has 1 aromatic heterocycles. The maximum absolute atomic E-state index is 8.84. The van der Waals surface area contributed by atoms with Crippen LogP contribution in [0.5, 0.6) is 0 Å². The van der Waals surface area contributed by atoms with Crippen LogP contribution in [0.2, 0.25) is 0 Å². The molecular weight excluding hydrogens is 300 g/mol. The average Bonchev–Trinajstić information content (AvgIpc) is 2.95. The first-order valence-electron chi connectivity index (χ1n) is 7.04. The second-order valence-corrected chi connectivity index (χ2v) is 5.82. The molecule has 0 atom stereocenters. The van der Waals surface area contributed by atoms with E-state index < -0.39 is 0 Å². The van der Waals surface area contributed by atoms with Crippen molar-refractivity contribution in [3.05, 3.63) is 41.5 Å². The molecule has 1 aliphatic heterocycles. The Kier molecular flexibility index (Phi) is 4.55. The summed E-state index contributed by atoms with van der Waals surface area (Å²) in [6.07, 6.45) is 2.74. The molecule has 2 N–H and O–H groups in total. The minimum Gasteiger partial charge on any atom is -0.334 e.